The molecule has 0 unspecified atom stereocenters. The molecular weight excluding hydrogens is 200 g/mol. The van der Waals surface area contributed by atoms with Gasteiger partial charge in [0.2, 0.25) is 0 Å². The first-order valence-corrected chi connectivity index (χ1v) is 6.33. The van der Waals surface area contributed by atoms with E-state index < -0.39 is 5.60 Å². The van der Waals surface area contributed by atoms with Crippen LogP contribution in [0.3, 0.4) is 0 Å². The number of hydrogen-bond acceptors (Lipinski definition) is 2. The number of ether oxygens (including phenoxy) is 1. The molecule has 2 heteroatoms. The minimum absolute atomic E-state index is 0.278. The van der Waals surface area contributed by atoms with E-state index in [2.05, 4.69) is 6.58 Å². The Morgan fingerprint density at radius 1 is 1.19 bits per heavy atom. The quantitative estimate of drug-likeness (QED) is 0.526. The highest BCUT2D eigenvalue weighted by atomic mass is 16.5. The number of Topliss-reactive ketones (excluding diaryl/α,β-unsaturated/α-hetero) is 1. The molecule has 0 radical (unpaired) electrons. The van der Waals surface area contributed by atoms with Crippen LogP contribution in [0.5, 0.6) is 0 Å². The fourth-order valence-corrected chi connectivity index (χ4v) is 2.45. The average Bonchev–Trinajstić information content (AvgIpc) is 2.51. The predicted octanol–water partition coefficient (Wildman–Crippen LogP) is 3.65. The molecule has 0 N–H and O–H groups in total. The van der Waals surface area contributed by atoms with Crippen molar-refractivity contribution in [2.45, 2.75) is 63.9 Å². The first-order valence-electron chi connectivity index (χ1n) is 6.33. The van der Waals surface area contributed by atoms with Gasteiger partial charge in [0.15, 0.2) is 5.78 Å². The predicted molar refractivity (Wildman–Crippen MR) is 66.5 cm³/mol. The van der Waals surface area contributed by atoms with Gasteiger partial charge >= 0.3 is 0 Å². The molecule has 0 aliphatic heterocycles. The van der Waals surface area contributed by atoms with E-state index in [-0.39, 0.29) is 5.78 Å². The molecule has 0 aromatic carbocycles. The fourth-order valence-electron chi connectivity index (χ4n) is 2.45. The summed E-state index contributed by atoms with van der Waals surface area (Å²) in [6.45, 7) is 5.82. The minimum Gasteiger partial charge on any atom is -0.370 e. The van der Waals surface area contributed by atoms with Gasteiger partial charge in [-0.25, -0.2) is 0 Å². The Balaban J connectivity index is 2.61. The number of carbonyl (C=O) groups excluding carboxylic acids is 1. The Hall–Kier alpha value is -0.630. The summed E-state index contributed by atoms with van der Waals surface area (Å²) in [6.07, 6.45) is 7.89. The standard InChI is InChI=1S/C14H24O2/c1-12(2)8-9-13(15)14(16-3)10-6-4-5-7-11-14/h1,4-11H2,2-3H3. The molecule has 0 atom stereocenters. The molecule has 1 fully saturated rings. The van der Waals surface area contributed by atoms with Crippen LogP contribution in [0.25, 0.3) is 0 Å². The first-order chi connectivity index (χ1) is 7.60. The molecule has 0 amide bonds. The fraction of sp³-hybridized carbons (Fsp3) is 0.786. The van der Waals surface area contributed by atoms with E-state index in [4.69, 9.17) is 4.74 Å². The molecule has 0 aromatic rings. The maximum absolute atomic E-state index is 12.2. The number of hydrogen-bond donors (Lipinski definition) is 0. The third kappa shape index (κ3) is 3.44. The van der Waals surface area contributed by atoms with Gasteiger partial charge in [-0.05, 0) is 26.2 Å². The molecule has 0 bridgehead atoms. The number of methoxy groups -OCH3 is 1. The van der Waals surface area contributed by atoms with E-state index in [1.807, 2.05) is 6.92 Å². The molecule has 0 spiro atoms. The van der Waals surface area contributed by atoms with Crippen LogP contribution in [0.15, 0.2) is 12.2 Å². The van der Waals surface area contributed by atoms with Crippen molar-refractivity contribution in [2.24, 2.45) is 0 Å². The van der Waals surface area contributed by atoms with Crippen molar-refractivity contribution in [1.29, 1.82) is 0 Å². The summed E-state index contributed by atoms with van der Waals surface area (Å²) in [5.74, 6) is 0.278. The van der Waals surface area contributed by atoms with Crippen LogP contribution in [0.1, 0.15) is 58.3 Å². The highest BCUT2D eigenvalue weighted by Gasteiger charge is 2.37. The van der Waals surface area contributed by atoms with Crippen molar-refractivity contribution in [3.05, 3.63) is 12.2 Å². The first kappa shape index (κ1) is 13.4. The van der Waals surface area contributed by atoms with Crippen LogP contribution in [0.4, 0.5) is 0 Å². The van der Waals surface area contributed by atoms with Crippen LogP contribution >= 0.6 is 0 Å². The van der Waals surface area contributed by atoms with Crippen LogP contribution in [-0.4, -0.2) is 18.5 Å². The molecule has 1 rings (SSSR count). The van der Waals surface area contributed by atoms with Gasteiger partial charge in [-0.2, -0.15) is 0 Å². The lowest BCUT2D eigenvalue weighted by molar-refractivity contribution is -0.142. The number of carbonyl (C=O) groups is 1. The third-order valence-electron chi connectivity index (χ3n) is 3.59. The molecule has 0 saturated heterocycles. The monoisotopic (exact) mass is 224 g/mol. The smallest absolute Gasteiger partial charge is 0.164 e. The lowest BCUT2D eigenvalue weighted by Crippen LogP contribution is -2.40. The second-order valence-electron chi connectivity index (χ2n) is 4.99. The third-order valence-corrected chi connectivity index (χ3v) is 3.59. The summed E-state index contributed by atoms with van der Waals surface area (Å²) in [4.78, 5) is 12.2. The van der Waals surface area contributed by atoms with Gasteiger partial charge in [-0.15, -0.1) is 6.58 Å². The van der Waals surface area contributed by atoms with Crippen LogP contribution in [0.2, 0.25) is 0 Å². The van der Waals surface area contributed by atoms with Gasteiger partial charge in [0.1, 0.15) is 5.60 Å². The summed E-state index contributed by atoms with van der Waals surface area (Å²) in [6, 6.07) is 0. The normalized spacial score (nSPS) is 20.1. The Morgan fingerprint density at radius 2 is 1.75 bits per heavy atom. The molecule has 1 aliphatic carbocycles. The topological polar surface area (TPSA) is 26.3 Å². The number of ketones is 1. The Bertz CT molecular complexity index is 247. The Kier molecular flexibility index (Phi) is 5.20. The zero-order valence-electron chi connectivity index (χ0n) is 10.7. The summed E-state index contributed by atoms with van der Waals surface area (Å²) in [5.41, 5.74) is 0.597. The van der Waals surface area contributed by atoms with Crippen molar-refractivity contribution in [3.63, 3.8) is 0 Å². The van der Waals surface area contributed by atoms with E-state index in [1.165, 1.54) is 12.8 Å². The van der Waals surface area contributed by atoms with Gasteiger partial charge in [0.05, 0.1) is 0 Å². The number of rotatable bonds is 5. The highest BCUT2D eigenvalue weighted by Crippen LogP contribution is 2.32. The average molecular weight is 224 g/mol. The summed E-state index contributed by atoms with van der Waals surface area (Å²) < 4.78 is 5.57. The van der Waals surface area contributed by atoms with Crippen LogP contribution < -0.4 is 0 Å². The van der Waals surface area contributed by atoms with Crippen molar-refractivity contribution >= 4 is 5.78 Å². The van der Waals surface area contributed by atoms with E-state index >= 15 is 0 Å². The van der Waals surface area contributed by atoms with Crippen LogP contribution in [0, 0.1) is 0 Å². The summed E-state index contributed by atoms with van der Waals surface area (Å²) in [7, 11) is 1.68. The van der Waals surface area contributed by atoms with Crippen molar-refractivity contribution in [1.82, 2.24) is 0 Å². The lowest BCUT2D eigenvalue weighted by atomic mass is 9.86. The van der Waals surface area contributed by atoms with Gasteiger partial charge < -0.3 is 4.74 Å². The van der Waals surface area contributed by atoms with Crippen molar-refractivity contribution < 1.29 is 9.53 Å². The molecule has 0 aromatic heterocycles. The van der Waals surface area contributed by atoms with E-state index in [0.29, 0.717) is 6.42 Å². The molecule has 16 heavy (non-hydrogen) atoms. The molecular formula is C14H24O2. The molecule has 0 heterocycles. The minimum atomic E-state index is -0.480. The van der Waals surface area contributed by atoms with Crippen molar-refractivity contribution in [2.75, 3.05) is 7.11 Å². The zero-order chi connectivity index (χ0) is 12.0. The molecule has 92 valence electrons. The molecule has 1 aliphatic rings. The zero-order valence-corrected chi connectivity index (χ0v) is 10.7. The maximum atomic E-state index is 12.2. The highest BCUT2D eigenvalue weighted by molar-refractivity contribution is 5.87. The van der Waals surface area contributed by atoms with E-state index in [0.717, 1.165) is 37.7 Å². The van der Waals surface area contributed by atoms with Crippen LogP contribution in [-0.2, 0) is 9.53 Å². The maximum Gasteiger partial charge on any atom is 0.164 e. The second-order valence-corrected chi connectivity index (χ2v) is 4.99. The second kappa shape index (κ2) is 6.19. The number of allylic oxidation sites excluding steroid dienone is 1. The Morgan fingerprint density at radius 3 is 2.19 bits per heavy atom. The van der Waals surface area contributed by atoms with Gasteiger partial charge in [0, 0.05) is 13.5 Å². The summed E-state index contributed by atoms with van der Waals surface area (Å²) >= 11 is 0. The molecule has 2 nitrogen and oxygen atoms in total. The largest absolute Gasteiger partial charge is 0.370 e. The van der Waals surface area contributed by atoms with E-state index in [1.54, 1.807) is 7.11 Å². The van der Waals surface area contributed by atoms with Gasteiger partial charge in [-0.1, -0.05) is 31.3 Å². The SMILES string of the molecule is C=C(C)CCC(=O)C1(OC)CCCCCC1. The van der Waals surface area contributed by atoms with Gasteiger partial charge in [-0.3, -0.25) is 4.79 Å². The lowest BCUT2D eigenvalue weighted by Gasteiger charge is -2.29. The van der Waals surface area contributed by atoms with Crippen molar-refractivity contribution in [3.8, 4) is 0 Å². The Labute approximate surface area is 99.1 Å². The molecule has 1 saturated carbocycles. The summed E-state index contributed by atoms with van der Waals surface area (Å²) in [5, 5.41) is 0. The van der Waals surface area contributed by atoms with E-state index in [9.17, 15) is 4.79 Å². The van der Waals surface area contributed by atoms with Gasteiger partial charge in [0.25, 0.3) is 0 Å².